The van der Waals surface area contributed by atoms with Crippen molar-refractivity contribution in [2.45, 2.75) is 16.7 Å². The topological polar surface area (TPSA) is 22.0 Å². The quantitative estimate of drug-likeness (QED) is 0.686. The fourth-order valence-electron chi connectivity index (χ4n) is 2.26. The summed E-state index contributed by atoms with van der Waals surface area (Å²) in [6.07, 6.45) is 0. The van der Waals surface area contributed by atoms with Crippen LogP contribution in [0.25, 0.3) is 10.9 Å². The monoisotopic (exact) mass is 315 g/mol. The van der Waals surface area contributed by atoms with Crippen molar-refractivity contribution >= 4 is 34.3 Å². The van der Waals surface area contributed by atoms with Crippen LogP contribution in [0.3, 0.4) is 0 Å². The van der Waals surface area contributed by atoms with Crippen LogP contribution >= 0.6 is 23.4 Å². The Labute approximate surface area is 132 Å². The second kappa shape index (κ2) is 5.58. The molecule has 21 heavy (non-hydrogen) atoms. The van der Waals surface area contributed by atoms with Gasteiger partial charge in [-0.3, -0.25) is 4.79 Å². The van der Waals surface area contributed by atoms with Gasteiger partial charge in [0.05, 0.1) is 5.52 Å². The van der Waals surface area contributed by atoms with Crippen molar-refractivity contribution in [1.82, 2.24) is 4.57 Å². The number of hydrogen-bond donors (Lipinski definition) is 0. The van der Waals surface area contributed by atoms with Crippen molar-refractivity contribution in [3.05, 3.63) is 69.5 Å². The van der Waals surface area contributed by atoms with E-state index in [0.717, 1.165) is 20.7 Å². The van der Waals surface area contributed by atoms with Gasteiger partial charge in [0.15, 0.2) is 0 Å². The lowest BCUT2D eigenvalue weighted by Gasteiger charge is -2.10. The van der Waals surface area contributed by atoms with E-state index < -0.39 is 0 Å². The summed E-state index contributed by atoms with van der Waals surface area (Å²) in [4.78, 5) is 14.1. The highest BCUT2D eigenvalue weighted by Crippen LogP contribution is 2.33. The van der Waals surface area contributed by atoms with Gasteiger partial charge in [-0.2, -0.15) is 0 Å². The zero-order valence-electron chi connectivity index (χ0n) is 11.8. The summed E-state index contributed by atoms with van der Waals surface area (Å²) in [7, 11) is 1.80. The molecule has 2 nitrogen and oxygen atoms in total. The number of benzene rings is 2. The molecular weight excluding hydrogens is 302 g/mol. The first-order valence-corrected chi connectivity index (χ1v) is 7.78. The van der Waals surface area contributed by atoms with Crippen LogP contribution < -0.4 is 5.56 Å². The van der Waals surface area contributed by atoms with Gasteiger partial charge in [0.25, 0.3) is 5.56 Å². The molecule has 1 heterocycles. The molecule has 0 fully saturated rings. The fraction of sp³-hybridized carbons (Fsp3) is 0.118. The number of nitrogens with zero attached hydrogens (tertiary/aromatic N) is 1. The number of rotatable bonds is 2. The molecule has 0 aliphatic rings. The highest BCUT2D eigenvalue weighted by molar-refractivity contribution is 7.99. The molecule has 0 amide bonds. The van der Waals surface area contributed by atoms with Crippen LogP contribution in [0.2, 0.25) is 5.02 Å². The lowest BCUT2D eigenvalue weighted by molar-refractivity contribution is 0.898. The van der Waals surface area contributed by atoms with Crippen molar-refractivity contribution in [2.75, 3.05) is 0 Å². The van der Waals surface area contributed by atoms with E-state index in [-0.39, 0.29) is 5.56 Å². The highest BCUT2D eigenvalue weighted by Gasteiger charge is 2.08. The van der Waals surface area contributed by atoms with Gasteiger partial charge in [-0.25, -0.2) is 0 Å². The average molecular weight is 316 g/mol. The molecule has 0 bridgehead atoms. The predicted octanol–water partition coefficient (Wildman–Crippen LogP) is 4.65. The predicted molar refractivity (Wildman–Crippen MR) is 89.5 cm³/mol. The first-order valence-electron chi connectivity index (χ1n) is 6.58. The van der Waals surface area contributed by atoms with E-state index in [9.17, 15) is 4.79 Å². The standard InChI is InChI=1S/C17H14ClNOS/c1-11-3-8-15-14(9-11)16(10-17(20)19(15)2)21-13-6-4-12(18)5-7-13/h3-10H,1-2H3. The van der Waals surface area contributed by atoms with Gasteiger partial charge < -0.3 is 4.57 Å². The number of aryl methyl sites for hydroxylation is 2. The van der Waals surface area contributed by atoms with E-state index in [0.29, 0.717) is 5.02 Å². The maximum Gasteiger partial charge on any atom is 0.251 e. The van der Waals surface area contributed by atoms with Crippen LogP contribution in [-0.2, 0) is 7.05 Å². The maximum absolute atomic E-state index is 12.1. The molecule has 0 radical (unpaired) electrons. The Balaban J connectivity index is 2.17. The van der Waals surface area contributed by atoms with E-state index in [2.05, 4.69) is 13.0 Å². The maximum atomic E-state index is 12.1. The summed E-state index contributed by atoms with van der Waals surface area (Å²) in [6.45, 7) is 2.06. The molecule has 0 saturated heterocycles. The lowest BCUT2D eigenvalue weighted by atomic mass is 10.1. The van der Waals surface area contributed by atoms with Crippen molar-refractivity contribution in [2.24, 2.45) is 7.05 Å². The molecule has 3 aromatic rings. The molecule has 0 spiro atoms. The highest BCUT2D eigenvalue weighted by atomic mass is 35.5. The molecule has 3 rings (SSSR count). The molecule has 0 aliphatic heterocycles. The summed E-state index contributed by atoms with van der Waals surface area (Å²) >= 11 is 7.50. The summed E-state index contributed by atoms with van der Waals surface area (Å²) in [5.41, 5.74) is 2.13. The number of hydrogen-bond acceptors (Lipinski definition) is 2. The van der Waals surface area contributed by atoms with Crippen molar-refractivity contribution in [3.63, 3.8) is 0 Å². The van der Waals surface area contributed by atoms with E-state index >= 15 is 0 Å². The van der Waals surface area contributed by atoms with Gasteiger partial charge in [-0.15, -0.1) is 0 Å². The van der Waals surface area contributed by atoms with E-state index in [1.165, 1.54) is 5.56 Å². The third-order valence-electron chi connectivity index (χ3n) is 3.41. The molecule has 0 saturated carbocycles. The number of aromatic nitrogens is 1. The molecule has 0 aliphatic carbocycles. The normalized spacial score (nSPS) is 11.0. The van der Waals surface area contributed by atoms with Crippen LogP contribution in [0.1, 0.15) is 5.56 Å². The Morgan fingerprint density at radius 1 is 1.05 bits per heavy atom. The largest absolute Gasteiger partial charge is 0.311 e. The zero-order chi connectivity index (χ0) is 15.0. The van der Waals surface area contributed by atoms with E-state index in [1.807, 2.05) is 36.4 Å². The average Bonchev–Trinajstić information content (AvgIpc) is 2.47. The Morgan fingerprint density at radius 3 is 2.48 bits per heavy atom. The van der Waals surface area contributed by atoms with Crippen LogP contribution in [-0.4, -0.2) is 4.57 Å². The van der Waals surface area contributed by atoms with Crippen molar-refractivity contribution in [1.29, 1.82) is 0 Å². The van der Waals surface area contributed by atoms with E-state index in [1.54, 1.807) is 29.4 Å². The van der Waals surface area contributed by atoms with E-state index in [4.69, 9.17) is 11.6 Å². The Morgan fingerprint density at radius 2 is 1.76 bits per heavy atom. The minimum atomic E-state index is 0.00261. The third kappa shape index (κ3) is 2.85. The number of halogens is 1. The zero-order valence-corrected chi connectivity index (χ0v) is 13.3. The summed E-state index contributed by atoms with van der Waals surface area (Å²) in [5, 5.41) is 1.81. The summed E-state index contributed by atoms with van der Waals surface area (Å²) < 4.78 is 1.68. The van der Waals surface area contributed by atoms with Crippen LogP contribution in [0.5, 0.6) is 0 Å². The van der Waals surface area contributed by atoms with Crippen LogP contribution in [0.15, 0.2) is 63.1 Å². The van der Waals surface area contributed by atoms with Gasteiger partial charge in [0.1, 0.15) is 0 Å². The van der Waals surface area contributed by atoms with Crippen LogP contribution in [0, 0.1) is 6.92 Å². The summed E-state index contributed by atoms with van der Waals surface area (Å²) in [5.74, 6) is 0. The summed E-state index contributed by atoms with van der Waals surface area (Å²) in [6, 6.07) is 15.5. The second-order valence-electron chi connectivity index (χ2n) is 4.98. The Bertz CT molecular complexity index is 868. The number of pyridine rings is 1. The van der Waals surface area contributed by atoms with Gasteiger partial charge in [0.2, 0.25) is 0 Å². The molecule has 4 heteroatoms. The van der Waals surface area contributed by atoms with Gasteiger partial charge >= 0.3 is 0 Å². The Hall–Kier alpha value is -1.71. The fourth-order valence-corrected chi connectivity index (χ4v) is 3.34. The molecule has 0 N–H and O–H groups in total. The SMILES string of the molecule is Cc1ccc2c(c1)c(Sc1ccc(Cl)cc1)cc(=O)n2C. The first-order chi connectivity index (χ1) is 10.0. The lowest BCUT2D eigenvalue weighted by Crippen LogP contribution is -2.16. The number of fused-ring (bicyclic) bond motifs is 1. The molecule has 0 unspecified atom stereocenters. The first kappa shape index (κ1) is 14.2. The minimum Gasteiger partial charge on any atom is -0.311 e. The van der Waals surface area contributed by atoms with Gasteiger partial charge in [0, 0.05) is 33.3 Å². The van der Waals surface area contributed by atoms with Crippen molar-refractivity contribution < 1.29 is 0 Å². The minimum absolute atomic E-state index is 0.00261. The molecule has 106 valence electrons. The van der Waals surface area contributed by atoms with Crippen molar-refractivity contribution in [3.8, 4) is 0 Å². The molecule has 0 atom stereocenters. The molecule has 1 aromatic heterocycles. The Kier molecular flexibility index (Phi) is 3.79. The molecule has 2 aromatic carbocycles. The second-order valence-corrected chi connectivity index (χ2v) is 6.53. The van der Waals surface area contributed by atoms with Gasteiger partial charge in [-0.05, 0) is 43.3 Å². The van der Waals surface area contributed by atoms with Crippen LogP contribution in [0.4, 0.5) is 0 Å². The van der Waals surface area contributed by atoms with Gasteiger partial charge in [-0.1, -0.05) is 35.0 Å². The molecular formula is C17H14ClNOS. The smallest absolute Gasteiger partial charge is 0.251 e. The third-order valence-corrected chi connectivity index (χ3v) is 4.72.